The Balaban J connectivity index is 2.15. The fourth-order valence-electron chi connectivity index (χ4n) is 1.41. The topological polar surface area (TPSA) is 76.4 Å². The van der Waals surface area contributed by atoms with Gasteiger partial charge in [-0.05, 0) is 13.0 Å². The van der Waals surface area contributed by atoms with Gasteiger partial charge in [-0.25, -0.2) is 0 Å². The number of carbonyl (C=O) groups excluding carboxylic acids is 1. The van der Waals surface area contributed by atoms with Crippen LogP contribution in [0.25, 0.3) is 0 Å². The molecule has 1 heterocycles. The third-order valence-electron chi connectivity index (χ3n) is 2.16. The summed E-state index contributed by atoms with van der Waals surface area (Å²) in [6.45, 7) is 2.99. The van der Waals surface area contributed by atoms with Crippen molar-refractivity contribution in [3.63, 3.8) is 0 Å². The zero-order chi connectivity index (χ0) is 12.7. The Hall–Kier alpha value is -1.40. The van der Waals surface area contributed by atoms with Gasteiger partial charge in [0, 0.05) is 26.3 Å². The lowest BCUT2D eigenvalue weighted by atomic mass is 10.2. The molecule has 1 aromatic heterocycles. The molecule has 0 saturated heterocycles. The summed E-state index contributed by atoms with van der Waals surface area (Å²) in [6.07, 6.45) is 1.15. The van der Waals surface area contributed by atoms with Crippen molar-refractivity contribution in [2.24, 2.45) is 7.05 Å². The van der Waals surface area contributed by atoms with Crippen molar-refractivity contribution in [1.29, 1.82) is 0 Å². The zero-order valence-electron chi connectivity index (χ0n) is 10.2. The summed E-state index contributed by atoms with van der Waals surface area (Å²) < 4.78 is 6.45. The summed E-state index contributed by atoms with van der Waals surface area (Å²) in [5.74, 6) is -0.375. The minimum Gasteiger partial charge on any atom is -0.466 e. The lowest BCUT2D eigenvalue weighted by molar-refractivity contribution is -0.145. The first-order valence-corrected chi connectivity index (χ1v) is 5.64. The number of hydrogen-bond donors (Lipinski definition) is 2. The first-order chi connectivity index (χ1) is 8.11. The number of aliphatic hydroxyl groups excluding tert-OH is 1. The summed E-state index contributed by atoms with van der Waals surface area (Å²) in [6, 6.07) is 1.89. The van der Waals surface area contributed by atoms with Crippen LogP contribution in [0.1, 0.15) is 19.0 Å². The highest BCUT2D eigenvalue weighted by atomic mass is 16.5. The molecule has 0 spiro atoms. The number of rotatable bonds is 7. The third kappa shape index (κ3) is 5.46. The van der Waals surface area contributed by atoms with Crippen molar-refractivity contribution in [3.05, 3.63) is 18.0 Å². The molecule has 1 aromatic rings. The predicted octanol–water partition coefficient (Wildman–Crippen LogP) is -0.176. The average Bonchev–Trinajstić information content (AvgIpc) is 2.64. The van der Waals surface area contributed by atoms with E-state index in [0.29, 0.717) is 19.7 Å². The smallest absolute Gasteiger partial charge is 0.308 e. The maximum absolute atomic E-state index is 11.1. The maximum atomic E-state index is 11.1. The van der Waals surface area contributed by atoms with Gasteiger partial charge in [-0.15, -0.1) is 0 Å². The minimum atomic E-state index is -0.724. The van der Waals surface area contributed by atoms with Gasteiger partial charge in [-0.3, -0.25) is 9.48 Å². The zero-order valence-corrected chi connectivity index (χ0v) is 10.2. The number of nitrogens with one attached hydrogen (secondary N) is 1. The van der Waals surface area contributed by atoms with E-state index >= 15 is 0 Å². The van der Waals surface area contributed by atoms with Crippen LogP contribution in [0.5, 0.6) is 0 Å². The van der Waals surface area contributed by atoms with Crippen molar-refractivity contribution in [1.82, 2.24) is 15.1 Å². The average molecular weight is 241 g/mol. The largest absolute Gasteiger partial charge is 0.466 e. The van der Waals surface area contributed by atoms with E-state index in [4.69, 9.17) is 4.74 Å². The lowest BCUT2D eigenvalue weighted by Gasteiger charge is -2.10. The van der Waals surface area contributed by atoms with Gasteiger partial charge in [0.25, 0.3) is 0 Å². The number of aliphatic hydroxyl groups is 1. The number of hydrogen-bond acceptors (Lipinski definition) is 5. The Morgan fingerprint density at radius 1 is 1.71 bits per heavy atom. The molecule has 0 saturated carbocycles. The SMILES string of the molecule is CCOC(=O)CC(O)CNCc1ccn(C)n1. The Morgan fingerprint density at radius 2 is 2.47 bits per heavy atom. The summed E-state index contributed by atoms with van der Waals surface area (Å²) >= 11 is 0. The molecular formula is C11H19N3O3. The van der Waals surface area contributed by atoms with Crippen LogP contribution in [0.3, 0.4) is 0 Å². The highest BCUT2D eigenvalue weighted by molar-refractivity contribution is 5.69. The molecule has 0 amide bonds. The second-order valence-electron chi connectivity index (χ2n) is 3.77. The Kier molecular flexibility index (Phi) is 5.65. The fraction of sp³-hybridized carbons (Fsp3) is 0.636. The van der Waals surface area contributed by atoms with Crippen LogP contribution in [0.4, 0.5) is 0 Å². The highest BCUT2D eigenvalue weighted by Gasteiger charge is 2.11. The molecule has 0 fully saturated rings. The Bertz CT molecular complexity index is 351. The molecule has 1 rings (SSSR count). The van der Waals surface area contributed by atoms with Gasteiger partial charge >= 0.3 is 5.97 Å². The minimum absolute atomic E-state index is 0.0169. The number of nitrogens with zero attached hydrogens (tertiary/aromatic N) is 2. The van der Waals surface area contributed by atoms with Crippen LogP contribution in [0, 0.1) is 0 Å². The summed E-state index contributed by atoms with van der Waals surface area (Å²) in [5.41, 5.74) is 0.899. The van der Waals surface area contributed by atoms with Crippen molar-refractivity contribution in [2.45, 2.75) is 26.0 Å². The van der Waals surface area contributed by atoms with Crippen molar-refractivity contribution >= 4 is 5.97 Å². The quantitative estimate of drug-likeness (QED) is 0.648. The molecule has 0 aliphatic rings. The number of esters is 1. The molecular weight excluding hydrogens is 222 g/mol. The van der Waals surface area contributed by atoms with E-state index in [1.807, 2.05) is 19.3 Å². The van der Waals surface area contributed by atoms with E-state index in [1.54, 1.807) is 11.6 Å². The van der Waals surface area contributed by atoms with Crippen molar-refractivity contribution < 1.29 is 14.6 Å². The molecule has 0 aliphatic heterocycles. The number of ether oxygens (including phenoxy) is 1. The van der Waals surface area contributed by atoms with Crippen molar-refractivity contribution in [2.75, 3.05) is 13.2 Å². The van der Waals surface area contributed by atoms with Gasteiger partial charge in [0.05, 0.1) is 24.8 Å². The maximum Gasteiger partial charge on any atom is 0.308 e. The molecule has 6 heteroatoms. The van der Waals surface area contributed by atoms with Crippen LogP contribution >= 0.6 is 0 Å². The highest BCUT2D eigenvalue weighted by Crippen LogP contribution is 1.96. The first-order valence-electron chi connectivity index (χ1n) is 5.64. The Morgan fingerprint density at radius 3 is 3.06 bits per heavy atom. The fourth-order valence-corrected chi connectivity index (χ4v) is 1.41. The van der Waals surface area contributed by atoms with E-state index in [-0.39, 0.29) is 12.4 Å². The second-order valence-corrected chi connectivity index (χ2v) is 3.77. The summed E-state index contributed by atoms with van der Waals surface area (Å²) in [7, 11) is 1.85. The van der Waals surface area contributed by atoms with Crippen LogP contribution in [-0.4, -0.2) is 40.1 Å². The number of aromatic nitrogens is 2. The molecule has 1 unspecified atom stereocenters. The normalized spacial score (nSPS) is 12.4. The summed E-state index contributed by atoms with van der Waals surface area (Å²) in [5, 5.41) is 16.7. The van der Waals surface area contributed by atoms with E-state index in [0.717, 1.165) is 5.69 Å². The Labute approximate surface area is 101 Å². The molecule has 0 radical (unpaired) electrons. The van der Waals surface area contributed by atoms with Gasteiger partial charge in [0.15, 0.2) is 0 Å². The number of carbonyl (C=O) groups is 1. The molecule has 0 aromatic carbocycles. The van der Waals surface area contributed by atoms with E-state index < -0.39 is 6.10 Å². The van der Waals surface area contributed by atoms with Gasteiger partial charge in [-0.2, -0.15) is 5.10 Å². The van der Waals surface area contributed by atoms with Crippen LogP contribution in [0.2, 0.25) is 0 Å². The standard InChI is InChI=1S/C11H19N3O3/c1-3-17-11(16)6-10(15)8-12-7-9-4-5-14(2)13-9/h4-5,10,12,15H,3,6-8H2,1-2H3. The van der Waals surface area contributed by atoms with Gasteiger partial charge < -0.3 is 15.2 Å². The van der Waals surface area contributed by atoms with Crippen LogP contribution in [0.15, 0.2) is 12.3 Å². The second kappa shape index (κ2) is 7.03. The van der Waals surface area contributed by atoms with E-state index in [2.05, 4.69) is 10.4 Å². The first kappa shape index (κ1) is 13.7. The van der Waals surface area contributed by atoms with Gasteiger partial charge in [0.2, 0.25) is 0 Å². The van der Waals surface area contributed by atoms with E-state index in [9.17, 15) is 9.90 Å². The van der Waals surface area contributed by atoms with Crippen LogP contribution < -0.4 is 5.32 Å². The molecule has 2 N–H and O–H groups in total. The lowest BCUT2D eigenvalue weighted by Crippen LogP contribution is -2.29. The third-order valence-corrected chi connectivity index (χ3v) is 2.16. The predicted molar refractivity (Wildman–Crippen MR) is 62.2 cm³/mol. The van der Waals surface area contributed by atoms with E-state index in [1.165, 1.54) is 0 Å². The molecule has 0 aliphatic carbocycles. The molecule has 6 nitrogen and oxygen atoms in total. The molecule has 1 atom stereocenters. The molecule has 17 heavy (non-hydrogen) atoms. The number of aryl methyl sites for hydroxylation is 1. The van der Waals surface area contributed by atoms with Gasteiger partial charge in [-0.1, -0.05) is 0 Å². The van der Waals surface area contributed by atoms with Crippen molar-refractivity contribution in [3.8, 4) is 0 Å². The molecule has 96 valence electrons. The summed E-state index contributed by atoms with van der Waals surface area (Å²) in [4.78, 5) is 11.1. The monoisotopic (exact) mass is 241 g/mol. The van der Waals surface area contributed by atoms with Gasteiger partial charge in [0.1, 0.15) is 0 Å². The molecule has 0 bridgehead atoms. The van der Waals surface area contributed by atoms with Crippen LogP contribution in [-0.2, 0) is 23.1 Å².